The standard InChI is InChI=1S/C14H12BrCl/c15-14-4-2-1-3-12(14)8-5-11-6-9-13(16)10-7-11/h1-4,6-7,9-10H,5,8H2. The molecule has 0 atom stereocenters. The average molecular weight is 296 g/mol. The predicted molar refractivity (Wildman–Crippen MR) is 73.0 cm³/mol. The van der Waals surface area contributed by atoms with Gasteiger partial charge in [0.2, 0.25) is 0 Å². The molecule has 0 N–H and O–H groups in total. The third-order valence-corrected chi connectivity index (χ3v) is 3.58. The lowest BCUT2D eigenvalue weighted by Crippen LogP contribution is -1.91. The summed E-state index contributed by atoms with van der Waals surface area (Å²) < 4.78 is 1.18. The minimum atomic E-state index is 0.796. The van der Waals surface area contributed by atoms with Gasteiger partial charge in [0.05, 0.1) is 0 Å². The first-order chi connectivity index (χ1) is 7.75. The maximum atomic E-state index is 5.85. The van der Waals surface area contributed by atoms with Crippen molar-refractivity contribution in [3.8, 4) is 0 Å². The molecule has 2 aromatic rings. The number of rotatable bonds is 3. The summed E-state index contributed by atoms with van der Waals surface area (Å²) in [6, 6.07) is 16.4. The second-order valence-corrected chi connectivity index (χ2v) is 5.01. The van der Waals surface area contributed by atoms with Gasteiger partial charge in [0, 0.05) is 9.50 Å². The summed E-state index contributed by atoms with van der Waals surface area (Å²) in [5.74, 6) is 0. The van der Waals surface area contributed by atoms with E-state index in [4.69, 9.17) is 11.6 Å². The van der Waals surface area contributed by atoms with Gasteiger partial charge in [-0.2, -0.15) is 0 Å². The molecular formula is C14H12BrCl. The second kappa shape index (κ2) is 5.51. The summed E-state index contributed by atoms with van der Waals surface area (Å²) in [6.45, 7) is 0. The fourth-order valence-electron chi connectivity index (χ4n) is 1.63. The Bertz CT molecular complexity index is 462. The molecule has 0 radical (unpaired) electrons. The number of benzene rings is 2. The number of halogens is 2. The van der Waals surface area contributed by atoms with Gasteiger partial charge in [0.25, 0.3) is 0 Å². The molecule has 2 heteroatoms. The predicted octanol–water partition coefficient (Wildman–Crippen LogP) is 4.89. The van der Waals surface area contributed by atoms with Crippen molar-refractivity contribution in [1.29, 1.82) is 0 Å². The lowest BCUT2D eigenvalue weighted by atomic mass is 10.0. The molecule has 0 aliphatic rings. The zero-order valence-corrected chi connectivity index (χ0v) is 11.1. The molecule has 0 fully saturated rings. The van der Waals surface area contributed by atoms with E-state index in [0.29, 0.717) is 0 Å². The first-order valence-electron chi connectivity index (χ1n) is 5.23. The van der Waals surface area contributed by atoms with Crippen LogP contribution in [0.15, 0.2) is 53.0 Å². The van der Waals surface area contributed by atoms with Gasteiger partial charge in [-0.15, -0.1) is 0 Å². The highest BCUT2D eigenvalue weighted by Gasteiger charge is 1.99. The second-order valence-electron chi connectivity index (χ2n) is 3.72. The Morgan fingerprint density at radius 3 is 2.25 bits per heavy atom. The van der Waals surface area contributed by atoms with Crippen LogP contribution in [0.2, 0.25) is 5.02 Å². The minimum absolute atomic E-state index is 0.796. The first-order valence-corrected chi connectivity index (χ1v) is 6.40. The van der Waals surface area contributed by atoms with Crippen LogP contribution in [-0.2, 0) is 12.8 Å². The Morgan fingerprint density at radius 1 is 0.875 bits per heavy atom. The Balaban J connectivity index is 2.02. The average Bonchev–Trinajstić information content (AvgIpc) is 2.30. The van der Waals surface area contributed by atoms with Crippen LogP contribution in [0.3, 0.4) is 0 Å². The normalized spacial score (nSPS) is 10.4. The van der Waals surface area contributed by atoms with Crippen LogP contribution < -0.4 is 0 Å². The van der Waals surface area contributed by atoms with E-state index in [1.54, 1.807) is 0 Å². The van der Waals surface area contributed by atoms with E-state index in [2.05, 4.69) is 46.3 Å². The molecule has 0 amide bonds. The lowest BCUT2D eigenvalue weighted by molar-refractivity contribution is 0.955. The molecule has 0 saturated carbocycles. The Kier molecular flexibility index (Phi) is 4.03. The molecule has 0 aromatic heterocycles. The van der Waals surface area contributed by atoms with Gasteiger partial charge in [-0.1, -0.05) is 57.9 Å². The van der Waals surface area contributed by atoms with Gasteiger partial charge in [-0.05, 0) is 42.2 Å². The van der Waals surface area contributed by atoms with E-state index < -0.39 is 0 Å². The molecule has 0 unspecified atom stereocenters. The highest BCUT2D eigenvalue weighted by molar-refractivity contribution is 9.10. The third kappa shape index (κ3) is 3.10. The van der Waals surface area contributed by atoms with Crippen molar-refractivity contribution < 1.29 is 0 Å². The van der Waals surface area contributed by atoms with Crippen molar-refractivity contribution in [3.05, 3.63) is 69.2 Å². The van der Waals surface area contributed by atoms with Gasteiger partial charge in [-0.25, -0.2) is 0 Å². The lowest BCUT2D eigenvalue weighted by Gasteiger charge is -2.04. The molecule has 0 heterocycles. The van der Waals surface area contributed by atoms with Gasteiger partial charge < -0.3 is 0 Å². The van der Waals surface area contributed by atoms with E-state index in [-0.39, 0.29) is 0 Å². The Labute approximate surface area is 109 Å². The van der Waals surface area contributed by atoms with E-state index in [0.717, 1.165) is 17.9 Å². The van der Waals surface area contributed by atoms with E-state index in [1.165, 1.54) is 15.6 Å². The van der Waals surface area contributed by atoms with Crippen LogP contribution in [0, 0.1) is 0 Å². The summed E-state index contributed by atoms with van der Waals surface area (Å²) in [6.07, 6.45) is 2.09. The molecule has 82 valence electrons. The van der Waals surface area contributed by atoms with E-state index in [1.807, 2.05) is 18.2 Å². The SMILES string of the molecule is Clc1ccc(CCc2ccccc2Br)cc1. The monoisotopic (exact) mass is 294 g/mol. The molecule has 2 rings (SSSR count). The van der Waals surface area contributed by atoms with Crippen LogP contribution in [0.5, 0.6) is 0 Å². The van der Waals surface area contributed by atoms with Crippen LogP contribution in [0.1, 0.15) is 11.1 Å². The van der Waals surface area contributed by atoms with Crippen molar-refractivity contribution in [2.24, 2.45) is 0 Å². The molecule has 2 aromatic carbocycles. The van der Waals surface area contributed by atoms with Crippen LogP contribution in [-0.4, -0.2) is 0 Å². The number of hydrogen-bond donors (Lipinski definition) is 0. The minimum Gasteiger partial charge on any atom is -0.0843 e. The fraction of sp³-hybridized carbons (Fsp3) is 0.143. The van der Waals surface area contributed by atoms with Crippen molar-refractivity contribution in [3.63, 3.8) is 0 Å². The molecule has 0 aliphatic heterocycles. The van der Waals surface area contributed by atoms with Crippen molar-refractivity contribution in [2.75, 3.05) is 0 Å². The number of aryl methyl sites for hydroxylation is 2. The summed E-state index contributed by atoms with van der Waals surface area (Å²) >= 11 is 9.41. The molecule has 0 spiro atoms. The maximum Gasteiger partial charge on any atom is 0.0406 e. The van der Waals surface area contributed by atoms with Crippen molar-refractivity contribution in [2.45, 2.75) is 12.8 Å². The van der Waals surface area contributed by atoms with Crippen molar-refractivity contribution in [1.82, 2.24) is 0 Å². The Morgan fingerprint density at radius 2 is 1.56 bits per heavy atom. The smallest absolute Gasteiger partial charge is 0.0406 e. The first kappa shape index (κ1) is 11.7. The quantitative estimate of drug-likeness (QED) is 0.756. The highest BCUT2D eigenvalue weighted by Crippen LogP contribution is 2.18. The maximum absolute atomic E-state index is 5.85. The molecular weight excluding hydrogens is 284 g/mol. The highest BCUT2D eigenvalue weighted by atomic mass is 79.9. The van der Waals surface area contributed by atoms with Crippen LogP contribution >= 0.6 is 27.5 Å². The van der Waals surface area contributed by atoms with Crippen LogP contribution in [0.25, 0.3) is 0 Å². The van der Waals surface area contributed by atoms with E-state index in [9.17, 15) is 0 Å². The Hall–Kier alpha value is -0.790. The third-order valence-electron chi connectivity index (χ3n) is 2.55. The summed E-state index contributed by atoms with van der Waals surface area (Å²) in [5, 5.41) is 0.796. The number of hydrogen-bond acceptors (Lipinski definition) is 0. The van der Waals surface area contributed by atoms with Crippen molar-refractivity contribution >= 4 is 27.5 Å². The fourth-order valence-corrected chi connectivity index (χ4v) is 2.24. The van der Waals surface area contributed by atoms with Gasteiger partial charge in [0.1, 0.15) is 0 Å². The molecule has 0 aliphatic carbocycles. The summed E-state index contributed by atoms with van der Waals surface area (Å²) in [7, 11) is 0. The zero-order valence-electron chi connectivity index (χ0n) is 8.79. The summed E-state index contributed by atoms with van der Waals surface area (Å²) in [4.78, 5) is 0. The molecule has 16 heavy (non-hydrogen) atoms. The van der Waals surface area contributed by atoms with Crippen LogP contribution in [0.4, 0.5) is 0 Å². The van der Waals surface area contributed by atoms with E-state index >= 15 is 0 Å². The molecule has 0 bridgehead atoms. The van der Waals surface area contributed by atoms with Gasteiger partial charge in [0.15, 0.2) is 0 Å². The zero-order chi connectivity index (χ0) is 11.4. The largest absolute Gasteiger partial charge is 0.0843 e. The summed E-state index contributed by atoms with van der Waals surface area (Å²) in [5.41, 5.74) is 2.66. The van der Waals surface area contributed by atoms with Gasteiger partial charge in [-0.3, -0.25) is 0 Å². The molecule has 0 nitrogen and oxygen atoms in total. The topological polar surface area (TPSA) is 0 Å². The molecule has 0 saturated heterocycles. The van der Waals surface area contributed by atoms with Gasteiger partial charge >= 0.3 is 0 Å².